The lowest BCUT2D eigenvalue weighted by Crippen LogP contribution is -2.20. The van der Waals surface area contributed by atoms with E-state index in [0.717, 1.165) is 10.0 Å². The third kappa shape index (κ3) is 5.32. The molecule has 2 rings (SSSR count). The maximum Gasteiger partial charge on any atom is 0.349 e. The zero-order chi connectivity index (χ0) is 19.5. The van der Waals surface area contributed by atoms with Crippen molar-refractivity contribution in [1.82, 2.24) is 0 Å². The molecule has 0 bridgehead atoms. The number of carboxylic acid groups (broad SMARTS) is 1. The summed E-state index contributed by atoms with van der Waals surface area (Å²) >= 11 is 6.64. The molecule has 0 amide bonds. The highest BCUT2D eigenvalue weighted by molar-refractivity contribution is 9.10. The fourth-order valence-electron chi connectivity index (χ4n) is 2.22. The summed E-state index contributed by atoms with van der Waals surface area (Å²) in [6.07, 6.45) is 0. The fraction of sp³-hybridized carbons (Fsp3) is 0.263. The average Bonchev–Trinajstić information content (AvgIpc) is 2.54. The normalized spacial score (nSPS) is 11.1. The van der Waals surface area contributed by atoms with Gasteiger partial charge in [-0.15, -0.1) is 0 Å². The minimum absolute atomic E-state index is 0.0950. The Bertz CT molecular complexity index is 840. The van der Waals surface area contributed by atoms with E-state index in [1.807, 2.05) is 12.1 Å². The largest absolute Gasteiger partial charge is 0.482 e. The molecule has 0 fully saturated rings. The number of carbonyl (C=O) groups is 2. The van der Waals surface area contributed by atoms with E-state index in [-0.39, 0.29) is 23.3 Å². The van der Waals surface area contributed by atoms with Gasteiger partial charge in [0.15, 0.2) is 6.61 Å². The monoisotopic (exact) mass is 484 g/mol. The third-order valence-electron chi connectivity index (χ3n) is 3.50. The lowest BCUT2D eigenvalue weighted by Gasteiger charge is -2.23. The van der Waals surface area contributed by atoms with Crippen LogP contribution in [0.15, 0.2) is 45.3 Å². The molecule has 7 heteroatoms. The SMILES string of the molecule is CC(C)(C)c1cc(Br)ccc1OCC(=O)Oc1ccc(C(=O)O)cc1Br. The number of carbonyl (C=O) groups excluding carboxylic acids is 1. The van der Waals surface area contributed by atoms with Crippen molar-refractivity contribution in [3.63, 3.8) is 0 Å². The van der Waals surface area contributed by atoms with Crippen molar-refractivity contribution in [2.75, 3.05) is 6.61 Å². The predicted octanol–water partition coefficient (Wildman–Crippen LogP) is 5.19. The summed E-state index contributed by atoms with van der Waals surface area (Å²) in [6.45, 7) is 5.90. The topological polar surface area (TPSA) is 72.8 Å². The summed E-state index contributed by atoms with van der Waals surface area (Å²) in [5, 5.41) is 8.95. The van der Waals surface area contributed by atoms with Crippen LogP contribution in [-0.4, -0.2) is 23.7 Å². The van der Waals surface area contributed by atoms with E-state index in [0.29, 0.717) is 10.2 Å². The molecule has 0 radical (unpaired) electrons. The van der Waals surface area contributed by atoms with Gasteiger partial charge < -0.3 is 14.6 Å². The van der Waals surface area contributed by atoms with Crippen molar-refractivity contribution in [2.24, 2.45) is 0 Å². The van der Waals surface area contributed by atoms with Crippen LogP contribution in [0.4, 0.5) is 0 Å². The van der Waals surface area contributed by atoms with Crippen LogP contribution in [0.1, 0.15) is 36.7 Å². The standard InChI is InChI=1S/C19H18Br2O5/c1-19(2,3)13-9-12(20)5-7-15(13)25-10-17(22)26-16-6-4-11(18(23)24)8-14(16)21/h4-9H,10H2,1-3H3,(H,23,24). The Kier molecular flexibility index (Phi) is 6.47. The molecule has 0 heterocycles. The number of hydrogen-bond acceptors (Lipinski definition) is 4. The first-order valence-corrected chi connectivity index (χ1v) is 9.33. The summed E-state index contributed by atoms with van der Waals surface area (Å²) in [5.41, 5.74) is 0.905. The van der Waals surface area contributed by atoms with Crippen molar-refractivity contribution in [3.8, 4) is 11.5 Å². The molecule has 2 aromatic carbocycles. The number of hydrogen-bond donors (Lipinski definition) is 1. The molecule has 0 spiro atoms. The first-order chi connectivity index (χ1) is 12.1. The Morgan fingerprint density at radius 2 is 1.69 bits per heavy atom. The van der Waals surface area contributed by atoms with Crippen LogP contribution in [0.25, 0.3) is 0 Å². The van der Waals surface area contributed by atoms with Gasteiger partial charge in [-0.05, 0) is 57.7 Å². The van der Waals surface area contributed by atoms with Gasteiger partial charge in [0.1, 0.15) is 11.5 Å². The van der Waals surface area contributed by atoms with Crippen LogP contribution >= 0.6 is 31.9 Å². The van der Waals surface area contributed by atoms with Crippen molar-refractivity contribution in [3.05, 3.63) is 56.5 Å². The van der Waals surface area contributed by atoms with Gasteiger partial charge in [-0.25, -0.2) is 9.59 Å². The van der Waals surface area contributed by atoms with Crippen LogP contribution in [0, 0.1) is 0 Å². The lowest BCUT2D eigenvalue weighted by atomic mass is 9.86. The van der Waals surface area contributed by atoms with Gasteiger partial charge in [0.2, 0.25) is 0 Å². The van der Waals surface area contributed by atoms with Crippen molar-refractivity contribution in [2.45, 2.75) is 26.2 Å². The average molecular weight is 486 g/mol. The Morgan fingerprint density at radius 3 is 2.27 bits per heavy atom. The summed E-state index contributed by atoms with van der Waals surface area (Å²) in [5.74, 6) is -0.804. The summed E-state index contributed by atoms with van der Waals surface area (Å²) < 4.78 is 12.2. The summed E-state index contributed by atoms with van der Waals surface area (Å²) in [7, 11) is 0. The second-order valence-corrected chi connectivity index (χ2v) is 8.37. The molecular formula is C19H18Br2O5. The Morgan fingerprint density at radius 1 is 1.04 bits per heavy atom. The molecule has 0 aliphatic carbocycles. The third-order valence-corrected chi connectivity index (χ3v) is 4.61. The smallest absolute Gasteiger partial charge is 0.349 e. The van der Waals surface area contributed by atoms with E-state index in [1.165, 1.54) is 18.2 Å². The van der Waals surface area contributed by atoms with Crippen LogP contribution in [0.2, 0.25) is 0 Å². The quantitative estimate of drug-likeness (QED) is 0.466. The number of halogens is 2. The Balaban J connectivity index is 2.07. The second kappa shape index (κ2) is 8.22. The molecule has 0 saturated carbocycles. The zero-order valence-corrected chi connectivity index (χ0v) is 17.7. The van der Waals surface area contributed by atoms with Gasteiger partial charge >= 0.3 is 11.9 Å². The zero-order valence-electron chi connectivity index (χ0n) is 14.5. The molecule has 0 unspecified atom stereocenters. The first-order valence-electron chi connectivity index (χ1n) is 7.74. The van der Waals surface area contributed by atoms with Crippen LogP contribution in [0.3, 0.4) is 0 Å². The summed E-state index contributed by atoms with van der Waals surface area (Å²) in [6, 6.07) is 9.77. The maximum atomic E-state index is 12.1. The molecule has 2 aromatic rings. The molecule has 26 heavy (non-hydrogen) atoms. The maximum absolute atomic E-state index is 12.1. The van der Waals surface area contributed by atoms with Gasteiger partial charge in [0.05, 0.1) is 10.0 Å². The molecule has 0 aliphatic heterocycles. The highest BCUT2D eigenvalue weighted by atomic mass is 79.9. The molecule has 0 saturated heterocycles. The molecule has 0 aliphatic rings. The van der Waals surface area contributed by atoms with E-state index >= 15 is 0 Å². The minimum Gasteiger partial charge on any atom is -0.482 e. The van der Waals surface area contributed by atoms with E-state index in [1.54, 1.807) is 6.07 Å². The van der Waals surface area contributed by atoms with Gasteiger partial charge in [-0.2, -0.15) is 0 Å². The van der Waals surface area contributed by atoms with Gasteiger partial charge in [0.25, 0.3) is 0 Å². The van der Waals surface area contributed by atoms with Crippen molar-refractivity contribution < 1.29 is 24.2 Å². The molecule has 138 valence electrons. The van der Waals surface area contributed by atoms with Gasteiger partial charge in [0, 0.05) is 10.0 Å². The lowest BCUT2D eigenvalue weighted by molar-refractivity contribution is -0.136. The molecule has 0 aromatic heterocycles. The number of carboxylic acids is 1. The predicted molar refractivity (Wildman–Crippen MR) is 105 cm³/mol. The van der Waals surface area contributed by atoms with E-state index in [4.69, 9.17) is 14.6 Å². The molecular weight excluding hydrogens is 468 g/mol. The second-order valence-electron chi connectivity index (χ2n) is 6.60. The molecule has 5 nitrogen and oxygen atoms in total. The van der Waals surface area contributed by atoms with Crippen molar-refractivity contribution >= 4 is 43.8 Å². The van der Waals surface area contributed by atoms with E-state index in [2.05, 4.69) is 52.6 Å². The number of rotatable bonds is 5. The number of benzene rings is 2. The van der Waals surface area contributed by atoms with Crippen LogP contribution in [0.5, 0.6) is 11.5 Å². The number of esters is 1. The number of aromatic carboxylic acids is 1. The Hall–Kier alpha value is -1.86. The van der Waals surface area contributed by atoms with Gasteiger partial charge in [-0.1, -0.05) is 36.7 Å². The summed E-state index contributed by atoms with van der Waals surface area (Å²) in [4.78, 5) is 23.0. The van der Waals surface area contributed by atoms with E-state index in [9.17, 15) is 9.59 Å². The Labute approximate surface area is 168 Å². The highest BCUT2D eigenvalue weighted by Crippen LogP contribution is 2.33. The van der Waals surface area contributed by atoms with Crippen molar-refractivity contribution in [1.29, 1.82) is 0 Å². The van der Waals surface area contributed by atoms with E-state index < -0.39 is 11.9 Å². The van der Waals surface area contributed by atoms with Crippen LogP contribution in [-0.2, 0) is 10.2 Å². The number of ether oxygens (including phenoxy) is 2. The first kappa shape index (κ1) is 20.5. The fourth-order valence-corrected chi connectivity index (χ4v) is 3.04. The molecule has 0 atom stereocenters. The minimum atomic E-state index is -1.06. The van der Waals surface area contributed by atoms with Gasteiger partial charge in [-0.3, -0.25) is 0 Å². The van der Waals surface area contributed by atoms with Crippen LogP contribution < -0.4 is 9.47 Å². The highest BCUT2D eigenvalue weighted by Gasteiger charge is 2.20. The molecule has 1 N–H and O–H groups in total.